The van der Waals surface area contributed by atoms with Crippen molar-refractivity contribution in [3.05, 3.63) is 23.8 Å². The van der Waals surface area contributed by atoms with Gasteiger partial charge in [0.05, 0.1) is 11.9 Å². The van der Waals surface area contributed by atoms with Gasteiger partial charge in [-0.2, -0.15) is 0 Å². The van der Waals surface area contributed by atoms with Crippen molar-refractivity contribution in [2.24, 2.45) is 16.7 Å². The molecule has 3 atom stereocenters. The van der Waals surface area contributed by atoms with Crippen molar-refractivity contribution in [2.75, 3.05) is 0 Å². The fourth-order valence-corrected chi connectivity index (χ4v) is 4.00. The van der Waals surface area contributed by atoms with Crippen molar-refractivity contribution in [1.29, 1.82) is 0 Å². The second-order valence-electron chi connectivity index (χ2n) is 7.05. The van der Waals surface area contributed by atoms with E-state index in [4.69, 9.17) is 4.74 Å². The van der Waals surface area contributed by atoms with E-state index in [1.807, 2.05) is 6.92 Å². The molecule has 0 amide bonds. The zero-order valence-electron chi connectivity index (χ0n) is 12.6. The third-order valence-electron chi connectivity index (χ3n) is 5.95. The van der Waals surface area contributed by atoms with E-state index in [9.17, 15) is 4.79 Å². The molecule has 0 aromatic carbocycles. The van der Waals surface area contributed by atoms with Gasteiger partial charge in [-0.15, -0.1) is 0 Å². The van der Waals surface area contributed by atoms with Gasteiger partial charge < -0.3 is 4.74 Å². The molecule has 2 bridgehead atoms. The van der Waals surface area contributed by atoms with Crippen LogP contribution >= 0.6 is 0 Å². The van der Waals surface area contributed by atoms with Gasteiger partial charge in [-0.3, -0.25) is 4.98 Å². The Morgan fingerprint density at radius 3 is 2.55 bits per heavy atom. The van der Waals surface area contributed by atoms with Gasteiger partial charge >= 0.3 is 5.97 Å². The zero-order chi connectivity index (χ0) is 14.5. The number of hydrogen-bond acceptors (Lipinski definition) is 4. The number of aromatic nitrogens is 2. The Morgan fingerprint density at radius 1 is 1.30 bits per heavy atom. The monoisotopic (exact) mass is 274 g/mol. The highest BCUT2D eigenvalue weighted by Crippen LogP contribution is 2.66. The minimum absolute atomic E-state index is 0.00635. The first-order chi connectivity index (χ1) is 9.34. The maximum absolute atomic E-state index is 12.2. The number of esters is 1. The predicted molar refractivity (Wildman–Crippen MR) is 75.2 cm³/mol. The molecule has 4 nitrogen and oxygen atoms in total. The maximum atomic E-state index is 12.2. The maximum Gasteiger partial charge on any atom is 0.358 e. The van der Waals surface area contributed by atoms with Crippen molar-refractivity contribution in [2.45, 2.75) is 53.1 Å². The number of hydrogen-bond donors (Lipinski definition) is 0. The van der Waals surface area contributed by atoms with Gasteiger partial charge in [0.1, 0.15) is 6.10 Å². The van der Waals surface area contributed by atoms with Crippen LogP contribution in [0, 0.1) is 23.7 Å². The Balaban J connectivity index is 1.76. The molecule has 0 spiro atoms. The minimum atomic E-state index is -0.341. The quantitative estimate of drug-likeness (QED) is 0.777. The summed E-state index contributed by atoms with van der Waals surface area (Å²) in [5, 5.41) is 0. The standard InChI is InChI=1S/C16H22N2O2/c1-10-8-18-12(9-17-10)14(19)20-13-7-11-5-6-16(13,4)15(11,2)3/h8-9,11,13H,5-7H2,1-4H3. The Kier molecular flexibility index (Phi) is 2.89. The van der Waals surface area contributed by atoms with Crippen LogP contribution in [0.4, 0.5) is 0 Å². The van der Waals surface area contributed by atoms with E-state index in [1.54, 1.807) is 6.20 Å². The molecule has 1 aromatic heterocycles. The number of aryl methyl sites for hydroxylation is 1. The summed E-state index contributed by atoms with van der Waals surface area (Å²) in [6.07, 6.45) is 6.48. The molecule has 0 aliphatic heterocycles. The molecule has 20 heavy (non-hydrogen) atoms. The molecule has 3 unspecified atom stereocenters. The summed E-state index contributed by atoms with van der Waals surface area (Å²) in [5.74, 6) is 0.321. The SMILES string of the molecule is Cc1cnc(C(=O)OC2CC3CCC2(C)C3(C)C)cn1. The predicted octanol–water partition coefficient (Wildman–Crippen LogP) is 3.16. The van der Waals surface area contributed by atoms with Gasteiger partial charge in [-0.1, -0.05) is 20.8 Å². The highest BCUT2D eigenvalue weighted by Gasteiger charge is 2.62. The lowest BCUT2D eigenvalue weighted by atomic mass is 9.70. The van der Waals surface area contributed by atoms with Crippen LogP contribution in [0.1, 0.15) is 56.2 Å². The van der Waals surface area contributed by atoms with Crippen LogP contribution in [0.25, 0.3) is 0 Å². The minimum Gasteiger partial charge on any atom is -0.457 e. The molecule has 2 fully saturated rings. The van der Waals surface area contributed by atoms with E-state index < -0.39 is 0 Å². The zero-order valence-corrected chi connectivity index (χ0v) is 12.6. The summed E-state index contributed by atoms with van der Waals surface area (Å²) in [6.45, 7) is 8.73. The summed E-state index contributed by atoms with van der Waals surface area (Å²) < 4.78 is 5.77. The van der Waals surface area contributed by atoms with Crippen LogP contribution in [0.5, 0.6) is 0 Å². The molecule has 2 aliphatic carbocycles. The number of nitrogens with zero attached hydrogens (tertiary/aromatic N) is 2. The van der Waals surface area contributed by atoms with Crippen molar-refractivity contribution < 1.29 is 9.53 Å². The van der Waals surface area contributed by atoms with Crippen molar-refractivity contribution >= 4 is 5.97 Å². The second kappa shape index (κ2) is 4.27. The molecule has 0 N–H and O–H groups in total. The first-order valence-electron chi connectivity index (χ1n) is 7.34. The van der Waals surface area contributed by atoms with E-state index in [1.165, 1.54) is 12.6 Å². The largest absolute Gasteiger partial charge is 0.457 e. The molecule has 4 heteroatoms. The topological polar surface area (TPSA) is 52.1 Å². The molecule has 108 valence electrons. The number of carbonyl (C=O) groups excluding carboxylic acids is 1. The summed E-state index contributed by atoms with van der Waals surface area (Å²) in [5.41, 5.74) is 1.44. The van der Waals surface area contributed by atoms with Gasteiger partial charge in [0.25, 0.3) is 0 Å². The van der Waals surface area contributed by atoms with Crippen LogP contribution in [0.15, 0.2) is 12.4 Å². The van der Waals surface area contributed by atoms with E-state index in [-0.39, 0.29) is 22.9 Å². The summed E-state index contributed by atoms with van der Waals surface area (Å²) in [6, 6.07) is 0. The smallest absolute Gasteiger partial charge is 0.358 e. The Labute approximate surface area is 120 Å². The lowest BCUT2D eigenvalue weighted by Crippen LogP contribution is -2.38. The Bertz CT molecular complexity index is 538. The van der Waals surface area contributed by atoms with Gasteiger partial charge in [-0.05, 0) is 37.5 Å². The van der Waals surface area contributed by atoms with Crippen molar-refractivity contribution in [3.8, 4) is 0 Å². The molecule has 0 radical (unpaired) electrons. The second-order valence-corrected chi connectivity index (χ2v) is 7.05. The fourth-order valence-electron chi connectivity index (χ4n) is 4.00. The third kappa shape index (κ3) is 1.77. The van der Waals surface area contributed by atoms with Crippen molar-refractivity contribution in [3.63, 3.8) is 0 Å². The lowest BCUT2D eigenvalue weighted by Gasteiger charge is -2.38. The Morgan fingerprint density at radius 2 is 2.05 bits per heavy atom. The van der Waals surface area contributed by atoms with Crippen LogP contribution in [-0.4, -0.2) is 22.0 Å². The molecule has 0 saturated heterocycles. The van der Waals surface area contributed by atoms with Crippen molar-refractivity contribution in [1.82, 2.24) is 9.97 Å². The van der Waals surface area contributed by atoms with Crippen LogP contribution in [0.2, 0.25) is 0 Å². The summed E-state index contributed by atoms with van der Waals surface area (Å²) in [7, 11) is 0. The molecular formula is C16H22N2O2. The van der Waals surface area contributed by atoms with E-state index in [0.29, 0.717) is 11.6 Å². The molecule has 3 rings (SSSR count). The van der Waals surface area contributed by atoms with Gasteiger partial charge in [-0.25, -0.2) is 9.78 Å². The lowest BCUT2D eigenvalue weighted by molar-refractivity contribution is -0.0247. The number of fused-ring (bicyclic) bond motifs is 2. The normalized spacial score (nSPS) is 34.2. The van der Waals surface area contributed by atoms with Gasteiger partial charge in [0, 0.05) is 11.6 Å². The van der Waals surface area contributed by atoms with E-state index in [2.05, 4.69) is 30.7 Å². The van der Waals surface area contributed by atoms with Crippen LogP contribution in [-0.2, 0) is 4.74 Å². The molecule has 2 saturated carbocycles. The molecule has 2 aliphatic rings. The van der Waals surface area contributed by atoms with Crippen LogP contribution in [0.3, 0.4) is 0 Å². The van der Waals surface area contributed by atoms with E-state index >= 15 is 0 Å². The Hall–Kier alpha value is -1.45. The highest BCUT2D eigenvalue weighted by molar-refractivity contribution is 5.87. The third-order valence-corrected chi connectivity index (χ3v) is 5.95. The van der Waals surface area contributed by atoms with Gasteiger partial charge in [0.15, 0.2) is 5.69 Å². The molecule has 1 aromatic rings. The summed E-state index contributed by atoms with van der Waals surface area (Å²) in [4.78, 5) is 20.4. The first-order valence-corrected chi connectivity index (χ1v) is 7.34. The average Bonchev–Trinajstić information content (AvgIpc) is 2.72. The number of carbonyl (C=O) groups is 1. The first kappa shape index (κ1) is 13.5. The number of rotatable bonds is 2. The van der Waals surface area contributed by atoms with Gasteiger partial charge in [0.2, 0.25) is 0 Å². The average molecular weight is 274 g/mol. The molecular weight excluding hydrogens is 252 g/mol. The van der Waals surface area contributed by atoms with Crippen LogP contribution < -0.4 is 0 Å². The number of ether oxygens (including phenoxy) is 1. The highest BCUT2D eigenvalue weighted by atomic mass is 16.5. The van der Waals surface area contributed by atoms with E-state index in [0.717, 1.165) is 18.5 Å². The fraction of sp³-hybridized carbons (Fsp3) is 0.688. The summed E-state index contributed by atoms with van der Waals surface area (Å²) >= 11 is 0. The molecule has 1 heterocycles.